The van der Waals surface area contributed by atoms with E-state index in [1.165, 1.54) is 13.2 Å². The summed E-state index contributed by atoms with van der Waals surface area (Å²) in [6.07, 6.45) is -7.61. The van der Waals surface area contributed by atoms with Crippen LogP contribution in [0.15, 0.2) is 18.2 Å². The van der Waals surface area contributed by atoms with Gasteiger partial charge in [-0.2, -0.15) is 0 Å². The first-order chi connectivity index (χ1) is 11.9. The maximum absolute atomic E-state index is 9.98. The van der Waals surface area contributed by atoms with Gasteiger partial charge >= 0.3 is 0 Å². The Hall–Kier alpha value is -1.46. The van der Waals surface area contributed by atoms with E-state index < -0.39 is 43.4 Å². The Kier molecular flexibility index (Phi) is 6.96. The molecule has 1 aromatic carbocycles. The molecule has 9 heteroatoms. The van der Waals surface area contributed by atoms with Gasteiger partial charge in [-0.25, -0.2) is 0 Å². The van der Waals surface area contributed by atoms with Gasteiger partial charge in [0.15, 0.2) is 0 Å². The Morgan fingerprint density at radius 3 is 2.44 bits per heavy atom. The zero-order valence-electron chi connectivity index (χ0n) is 13.7. The molecule has 0 amide bonds. The van der Waals surface area contributed by atoms with Gasteiger partial charge in [0, 0.05) is 12.5 Å². The maximum atomic E-state index is 9.98. The number of aliphatic hydroxyl groups is 6. The average molecular weight is 360 g/mol. The third-order valence-electron chi connectivity index (χ3n) is 4.03. The highest BCUT2D eigenvalue weighted by Crippen LogP contribution is 2.29. The molecule has 0 saturated carbocycles. The number of benzene rings is 1. The molecule has 2 rings (SSSR count). The van der Waals surface area contributed by atoms with E-state index in [4.69, 9.17) is 19.3 Å². The molecule has 1 saturated heterocycles. The van der Waals surface area contributed by atoms with E-state index in [0.717, 1.165) is 0 Å². The van der Waals surface area contributed by atoms with Crippen molar-refractivity contribution in [3.8, 4) is 11.5 Å². The zero-order chi connectivity index (χ0) is 18.6. The molecule has 0 aromatic heterocycles. The number of methoxy groups -OCH3 is 1. The average Bonchev–Trinajstić information content (AvgIpc) is 2.63. The summed E-state index contributed by atoms with van der Waals surface area (Å²) in [7, 11) is 1.43. The SMILES string of the molecule is COc1cc(O[C@@H]2O[C@H](CO)[C@@H](O)[C@H](O)[C@H]2O)ccc1CC(O)CO. The molecule has 1 aromatic rings. The monoisotopic (exact) mass is 360 g/mol. The van der Waals surface area contributed by atoms with Crippen molar-refractivity contribution < 1.29 is 44.8 Å². The molecular formula is C16H24O9. The van der Waals surface area contributed by atoms with Crippen LogP contribution in [0.1, 0.15) is 5.56 Å². The zero-order valence-corrected chi connectivity index (χ0v) is 13.7. The predicted octanol–water partition coefficient (Wildman–Crippen LogP) is -2.23. The second-order valence-corrected chi connectivity index (χ2v) is 5.83. The van der Waals surface area contributed by atoms with E-state index in [0.29, 0.717) is 11.3 Å². The van der Waals surface area contributed by atoms with Crippen LogP contribution in [0.4, 0.5) is 0 Å². The van der Waals surface area contributed by atoms with Gasteiger partial charge in [-0.15, -0.1) is 0 Å². The van der Waals surface area contributed by atoms with Crippen molar-refractivity contribution in [3.05, 3.63) is 23.8 Å². The molecule has 0 radical (unpaired) electrons. The Morgan fingerprint density at radius 2 is 1.84 bits per heavy atom. The number of rotatable bonds is 7. The molecule has 142 valence electrons. The Balaban J connectivity index is 2.13. The van der Waals surface area contributed by atoms with E-state index in [2.05, 4.69) is 0 Å². The molecule has 1 unspecified atom stereocenters. The normalized spacial score (nSPS) is 30.8. The molecule has 1 heterocycles. The van der Waals surface area contributed by atoms with Crippen molar-refractivity contribution in [1.29, 1.82) is 0 Å². The maximum Gasteiger partial charge on any atom is 0.229 e. The molecule has 1 fully saturated rings. The number of hydrogen-bond acceptors (Lipinski definition) is 9. The first-order valence-corrected chi connectivity index (χ1v) is 7.84. The molecule has 0 bridgehead atoms. The minimum atomic E-state index is -1.53. The summed E-state index contributed by atoms with van der Waals surface area (Å²) >= 11 is 0. The molecule has 0 aliphatic carbocycles. The van der Waals surface area contributed by atoms with E-state index in [1.807, 2.05) is 0 Å². The topological polar surface area (TPSA) is 149 Å². The Morgan fingerprint density at radius 1 is 1.12 bits per heavy atom. The van der Waals surface area contributed by atoms with Crippen LogP contribution >= 0.6 is 0 Å². The van der Waals surface area contributed by atoms with E-state index in [1.54, 1.807) is 12.1 Å². The highest BCUT2D eigenvalue weighted by Gasteiger charge is 2.44. The fourth-order valence-corrected chi connectivity index (χ4v) is 2.58. The molecule has 6 atom stereocenters. The first kappa shape index (κ1) is 19.9. The summed E-state index contributed by atoms with van der Waals surface area (Å²) in [5.41, 5.74) is 0.644. The predicted molar refractivity (Wildman–Crippen MR) is 84.2 cm³/mol. The lowest BCUT2D eigenvalue weighted by atomic mass is 9.99. The molecule has 1 aliphatic heterocycles. The molecule has 0 spiro atoms. The summed E-state index contributed by atoms with van der Waals surface area (Å²) in [6, 6.07) is 4.67. The van der Waals surface area contributed by atoms with Crippen LogP contribution < -0.4 is 9.47 Å². The van der Waals surface area contributed by atoms with Crippen LogP contribution in [0, 0.1) is 0 Å². The third-order valence-corrected chi connectivity index (χ3v) is 4.03. The van der Waals surface area contributed by atoms with E-state index in [9.17, 15) is 25.5 Å². The molecule has 6 N–H and O–H groups in total. The fourth-order valence-electron chi connectivity index (χ4n) is 2.58. The van der Waals surface area contributed by atoms with Crippen LogP contribution in [0.3, 0.4) is 0 Å². The first-order valence-electron chi connectivity index (χ1n) is 7.84. The minimum Gasteiger partial charge on any atom is -0.496 e. The van der Waals surface area contributed by atoms with Crippen LogP contribution in [-0.2, 0) is 11.2 Å². The third kappa shape index (κ3) is 4.59. The van der Waals surface area contributed by atoms with Crippen molar-refractivity contribution in [1.82, 2.24) is 0 Å². The smallest absolute Gasteiger partial charge is 0.229 e. The van der Waals surface area contributed by atoms with Gasteiger partial charge in [0.2, 0.25) is 6.29 Å². The van der Waals surface area contributed by atoms with Crippen LogP contribution in [0.25, 0.3) is 0 Å². The van der Waals surface area contributed by atoms with Gasteiger partial charge in [-0.05, 0) is 11.6 Å². The lowest BCUT2D eigenvalue weighted by molar-refractivity contribution is -0.277. The summed E-state index contributed by atoms with van der Waals surface area (Å²) in [5.74, 6) is 0.651. The summed E-state index contributed by atoms with van der Waals surface area (Å²) in [6.45, 7) is -0.932. The van der Waals surface area contributed by atoms with Crippen molar-refractivity contribution in [2.75, 3.05) is 20.3 Å². The number of aliphatic hydroxyl groups excluding tert-OH is 6. The lowest BCUT2D eigenvalue weighted by Gasteiger charge is -2.39. The highest BCUT2D eigenvalue weighted by atomic mass is 16.7. The minimum absolute atomic E-state index is 0.181. The van der Waals surface area contributed by atoms with Crippen LogP contribution in [0.2, 0.25) is 0 Å². The summed E-state index contributed by atoms with van der Waals surface area (Å²) in [5, 5.41) is 57.2. The highest BCUT2D eigenvalue weighted by molar-refractivity contribution is 5.41. The van der Waals surface area contributed by atoms with Crippen LogP contribution in [0.5, 0.6) is 11.5 Å². The van der Waals surface area contributed by atoms with Gasteiger partial charge in [0.05, 0.1) is 26.4 Å². The van der Waals surface area contributed by atoms with Crippen molar-refractivity contribution in [2.24, 2.45) is 0 Å². The van der Waals surface area contributed by atoms with Gasteiger partial charge in [-0.1, -0.05) is 6.07 Å². The molecule has 25 heavy (non-hydrogen) atoms. The van der Waals surface area contributed by atoms with E-state index in [-0.39, 0.29) is 18.8 Å². The van der Waals surface area contributed by atoms with Gasteiger partial charge in [-0.3, -0.25) is 0 Å². The van der Waals surface area contributed by atoms with Crippen molar-refractivity contribution in [2.45, 2.75) is 43.2 Å². The number of ether oxygens (including phenoxy) is 3. The second kappa shape index (κ2) is 8.77. The Bertz CT molecular complexity index is 550. The van der Waals surface area contributed by atoms with Gasteiger partial charge in [0.25, 0.3) is 0 Å². The summed E-state index contributed by atoms with van der Waals surface area (Å²) < 4.78 is 16.0. The number of hydrogen-bond donors (Lipinski definition) is 6. The van der Waals surface area contributed by atoms with Crippen LogP contribution in [-0.4, -0.2) is 87.8 Å². The van der Waals surface area contributed by atoms with Gasteiger partial charge < -0.3 is 44.8 Å². The standard InChI is InChI=1S/C16H24O9/c1-23-11-5-10(3-2-8(11)4-9(19)6-17)24-16-15(22)14(21)13(20)12(7-18)25-16/h2-3,5,9,12-22H,4,6-7H2,1H3/t9?,12-,13-,14+,15-,16-/m1/s1. The second-order valence-electron chi connectivity index (χ2n) is 5.83. The lowest BCUT2D eigenvalue weighted by Crippen LogP contribution is -2.60. The quantitative estimate of drug-likeness (QED) is 0.318. The fraction of sp³-hybridized carbons (Fsp3) is 0.625. The summed E-state index contributed by atoms with van der Waals surface area (Å²) in [4.78, 5) is 0. The van der Waals surface area contributed by atoms with Crippen molar-refractivity contribution >= 4 is 0 Å². The molecule has 1 aliphatic rings. The van der Waals surface area contributed by atoms with Crippen molar-refractivity contribution in [3.63, 3.8) is 0 Å². The molecule has 9 nitrogen and oxygen atoms in total. The Labute approximate surface area is 144 Å². The largest absolute Gasteiger partial charge is 0.496 e. The molecular weight excluding hydrogens is 336 g/mol. The van der Waals surface area contributed by atoms with E-state index >= 15 is 0 Å². The van der Waals surface area contributed by atoms with Gasteiger partial charge in [0.1, 0.15) is 35.9 Å².